The van der Waals surface area contributed by atoms with E-state index < -0.39 is 0 Å². The summed E-state index contributed by atoms with van der Waals surface area (Å²) < 4.78 is 0. The second-order valence-corrected chi connectivity index (χ2v) is 4.17. The topological polar surface area (TPSA) is 29.1 Å². The first kappa shape index (κ1) is 12.8. The van der Waals surface area contributed by atoms with Crippen LogP contribution in [0.15, 0.2) is 30.4 Å². The number of hydrogen-bond donors (Lipinski definition) is 1. The molecule has 0 radical (unpaired) electrons. The highest BCUT2D eigenvalue weighted by atomic mass is 35.5. The van der Waals surface area contributed by atoms with E-state index in [2.05, 4.69) is 11.9 Å². The minimum Gasteiger partial charge on any atom is -0.324 e. The van der Waals surface area contributed by atoms with E-state index in [1.54, 1.807) is 6.07 Å². The summed E-state index contributed by atoms with van der Waals surface area (Å²) in [7, 11) is 0. The number of halogens is 1. The quantitative estimate of drug-likeness (QED) is 0.790. The number of carbonyl (C=O) groups excluding carboxylic acids is 1. The Balaban J connectivity index is 2.73. The van der Waals surface area contributed by atoms with Crippen LogP contribution in [0.5, 0.6) is 0 Å². The maximum atomic E-state index is 11.7. The van der Waals surface area contributed by atoms with E-state index in [0.717, 1.165) is 17.6 Å². The Labute approximate surface area is 101 Å². The van der Waals surface area contributed by atoms with E-state index in [0.29, 0.717) is 17.1 Å². The van der Waals surface area contributed by atoms with Gasteiger partial charge in [0.15, 0.2) is 0 Å². The summed E-state index contributed by atoms with van der Waals surface area (Å²) in [5.74, 6) is -0.0666. The monoisotopic (exact) mass is 237 g/mol. The first-order valence-electron chi connectivity index (χ1n) is 5.26. The molecular weight excluding hydrogens is 222 g/mol. The molecule has 1 aromatic carbocycles. The van der Waals surface area contributed by atoms with E-state index in [4.69, 9.17) is 11.6 Å². The van der Waals surface area contributed by atoms with Crippen molar-refractivity contribution in [1.82, 2.24) is 0 Å². The molecule has 0 aliphatic carbocycles. The number of para-hydroxylation sites is 1. The van der Waals surface area contributed by atoms with Crippen LogP contribution < -0.4 is 5.32 Å². The molecule has 0 bridgehead atoms. The van der Waals surface area contributed by atoms with Crippen molar-refractivity contribution in [1.29, 1.82) is 0 Å². The van der Waals surface area contributed by atoms with Crippen molar-refractivity contribution in [2.24, 2.45) is 0 Å². The Morgan fingerprint density at radius 3 is 2.75 bits per heavy atom. The Hall–Kier alpha value is -1.28. The molecule has 0 atom stereocenters. The van der Waals surface area contributed by atoms with Gasteiger partial charge < -0.3 is 5.32 Å². The van der Waals surface area contributed by atoms with Crippen molar-refractivity contribution in [3.63, 3.8) is 0 Å². The van der Waals surface area contributed by atoms with Gasteiger partial charge in [-0.2, -0.15) is 0 Å². The van der Waals surface area contributed by atoms with Gasteiger partial charge in [0.05, 0.1) is 10.7 Å². The number of aryl methyl sites for hydroxylation is 1. The molecule has 2 nitrogen and oxygen atoms in total. The highest BCUT2D eigenvalue weighted by Gasteiger charge is 2.08. The summed E-state index contributed by atoms with van der Waals surface area (Å²) in [5.41, 5.74) is 2.57. The predicted octanol–water partition coefficient (Wildman–Crippen LogP) is 3.94. The van der Waals surface area contributed by atoms with Crippen LogP contribution in [0.1, 0.15) is 25.3 Å². The molecule has 1 amide bonds. The molecule has 0 saturated carbocycles. The predicted molar refractivity (Wildman–Crippen MR) is 68.9 cm³/mol. The summed E-state index contributed by atoms with van der Waals surface area (Å²) in [6, 6.07) is 5.53. The number of amides is 1. The molecule has 86 valence electrons. The van der Waals surface area contributed by atoms with Gasteiger partial charge >= 0.3 is 0 Å². The zero-order chi connectivity index (χ0) is 12.1. The van der Waals surface area contributed by atoms with Crippen molar-refractivity contribution in [3.8, 4) is 0 Å². The van der Waals surface area contributed by atoms with Gasteiger partial charge in [-0.15, -0.1) is 0 Å². The third-order valence-electron chi connectivity index (χ3n) is 2.40. The highest BCUT2D eigenvalue weighted by molar-refractivity contribution is 6.33. The van der Waals surface area contributed by atoms with E-state index >= 15 is 0 Å². The van der Waals surface area contributed by atoms with Crippen LogP contribution in [-0.2, 0) is 4.79 Å². The molecular formula is C13H16ClNO. The molecule has 0 saturated heterocycles. The average Bonchev–Trinajstić information content (AvgIpc) is 2.23. The molecule has 0 aliphatic rings. The lowest BCUT2D eigenvalue weighted by Crippen LogP contribution is -2.13. The average molecular weight is 238 g/mol. The maximum absolute atomic E-state index is 11.7. The van der Waals surface area contributed by atoms with Crippen molar-refractivity contribution in [3.05, 3.63) is 40.9 Å². The van der Waals surface area contributed by atoms with Gasteiger partial charge in [-0.1, -0.05) is 42.8 Å². The molecule has 0 aromatic heterocycles. The first-order chi connectivity index (χ1) is 7.54. The Morgan fingerprint density at radius 2 is 2.19 bits per heavy atom. The molecule has 1 aromatic rings. The van der Waals surface area contributed by atoms with Crippen LogP contribution in [0, 0.1) is 6.92 Å². The van der Waals surface area contributed by atoms with Crippen LogP contribution in [0.25, 0.3) is 0 Å². The molecule has 16 heavy (non-hydrogen) atoms. The molecule has 0 aliphatic heterocycles. The number of hydrogen-bond acceptors (Lipinski definition) is 1. The van der Waals surface area contributed by atoms with Gasteiger partial charge in [-0.3, -0.25) is 4.79 Å². The zero-order valence-corrected chi connectivity index (χ0v) is 10.4. The van der Waals surface area contributed by atoms with Crippen LogP contribution in [0.2, 0.25) is 5.02 Å². The van der Waals surface area contributed by atoms with Gasteiger partial charge in [-0.25, -0.2) is 0 Å². The standard InChI is InChI=1S/C13H16ClNO/c1-4-9(2)8-12(16)15-13-10(3)6-5-7-11(13)14/h5-7H,2,4,8H2,1,3H3,(H,15,16). The van der Waals surface area contributed by atoms with Crippen molar-refractivity contribution >= 4 is 23.2 Å². The minimum absolute atomic E-state index is 0.0666. The minimum atomic E-state index is -0.0666. The summed E-state index contributed by atoms with van der Waals surface area (Å²) in [4.78, 5) is 11.7. The summed E-state index contributed by atoms with van der Waals surface area (Å²) in [5, 5.41) is 3.38. The maximum Gasteiger partial charge on any atom is 0.228 e. The van der Waals surface area contributed by atoms with E-state index in [1.807, 2.05) is 26.0 Å². The van der Waals surface area contributed by atoms with E-state index in [9.17, 15) is 4.79 Å². The highest BCUT2D eigenvalue weighted by Crippen LogP contribution is 2.25. The van der Waals surface area contributed by atoms with Gasteiger partial charge in [0, 0.05) is 6.42 Å². The smallest absolute Gasteiger partial charge is 0.228 e. The Morgan fingerprint density at radius 1 is 1.50 bits per heavy atom. The fraction of sp³-hybridized carbons (Fsp3) is 0.308. The third kappa shape index (κ3) is 3.38. The van der Waals surface area contributed by atoms with E-state index in [1.165, 1.54) is 0 Å². The summed E-state index contributed by atoms with van der Waals surface area (Å²) in [6.07, 6.45) is 1.16. The second kappa shape index (κ2) is 5.71. The normalized spacial score (nSPS) is 9.94. The van der Waals surface area contributed by atoms with Crippen LogP contribution in [-0.4, -0.2) is 5.91 Å². The fourth-order valence-corrected chi connectivity index (χ4v) is 1.59. The van der Waals surface area contributed by atoms with Crippen LogP contribution in [0.3, 0.4) is 0 Å². The molecule has 3 heteroatoms. The number of nitrogens with one attached hydrogen (secondary N) is 1. The Kier molecular flexibility index (Phi) is 4.56. The van der Waals surface area contributed by atoms with Crippen LogP contribution >= 0.6 is 11.6 Å². The lowest BCUT2D eigenvalue weighted by molar-refractivity contribution is -0.115. The van der Waals surface area contributed by atoms with Crippen molar-refractivity contribution < 1.29 is 4.79 Å². The number of rotatable bonds is 4. The number of benzene rings is 1. The molecule has 1 rings (SSSR count). The molecule has 0 fully saturated rings. The van der Waals surface area contributed by atoms with Crippen molar-refractivity contribution in [2.75, 3.05) is 5.32 Å². The Bertz CT molecular complexity index is 392. The molecule has 0 heterocycles. The van der Waals surface area contributed by atoms with Gasteiger partial charge in [0.2, 0.25) is 5.91 Å². The first-order valence-corrected chi connectivity index (χ1v) is 5.64. The zero-order valence-electron chi connectivity index (χ0n) is 9.64. The largest absolute Gasteiger partial charge is 0.324 e. The SMILES string of the molecule is C=C(CC)CC(=O)Nc1c(C)cccc1Cl. The molecule has 1 N–H and O–H groups in total. The van der Waals surface area contributed by atoms with E-state index in [-0.39, 0.29) is 5.91 Å². The fourth-order valence-electron chi connectivity index (χ4n) is 1.33. The van der Waals surface area contributed by atoms with Crippen LogP contribution in [0.4, 0.5) is 5.69 Å². The summed E-state index contributed by atoms with van der Waals surface area (Å²) in [6.45, 7) is 7.70. The van der Waals surface area contributed by atoms with Gasteiger partial charge in [-0.05, 0) is 25.0 Å². The lowest BCUT2D eigenvalue weighted by Gasteiger charge is -2.10. The molecule has 0 spiro atoms. The lowest BCUT2D eigenvalue weighted by atomic mass is 10.1. The molecule has 0 unspecified atom stereocenters. The van der Waals surface area contributed by atoms with Crippen molar-refractivity contribution in [2.45, 2.75) is 26.7 Å². The number of carbonyl (C=O) groups is 1. The second-order valence-electron chi connectivity index (χ2n) is 3.76. The van der Waals surface area contributed by atoms with Gasteiger partial charge in [0.1, 0.15) is 0 Å². The summed E-state index contributed by atoms with van der Waals surface area (Å²) >= 11 is 6.01. The van der Waals surface area contributed by atoms with Gasteiger partial charge in [0.25, 0.3) is 0 Å². The number of anilines is 1. The third-order valence-corrected chi connectivity index (χ3v) is 2.71.